The van der Waals surface area contributed by atoms with Gasteiger partial charge in [0, 0.05) is 55.3 Å². The molecule has 10 aromatic carbocycles. The average molecular weight is 948 g/mol. The molecular weight excluding hydrogens is 899 g/mol. The van der Waals surface area contributed by atoms with Gasteiger partial charge in [0.1, 0.15) is 5.82 Å². The van der Waals surface area contributed by atoms with Gasteiger partial charge >= 0.3 is 0 Å². The molecule has 5 nitrogen and oxygen atoms in total. The maximum Gasteiger partial charge on any atom is 0.126 e. The van der Waals surface area contributed by atoms with Crippen LogP contribution in [0.4, 0.5) is 17.1 Å². The van der Waals surface area contributed by atoms with Gasteiger partial charge in [-0.3, -0.25) is 0 Å². The lowest BCUT2D eigenvalue weighted by Crippen LogP contribution is -2.36. The van der Waals surface area contributed by atoms with Crippen LogP contribution in [0.1, 0.15) is 44.8 Å². The Kier molecular flexibility index (Phi) is 9.07. The number of aromatic nitrogens is 4. The molecule has 74 heavy (non-hydrogen) atoms. The van der Waals surface area contributed by atoms with E-state index in [2.05, 4.69) is 259 Å². The van der Waals surface area contributed by atoms with E-state index in [9.17, 15) is 0 Å². The van der Waals surface area contributed by atoms with Crippen LogP contribution in [0, 0.1) is 27.7 Å². The number of para-hydroxylation sites is 3. The summed E-state index contributed by atoms with van der Waals surface area (Å²) in [6.07, 6.45) is 0. The molecule has 5 heteroatoms. The van der Waals surface area contributed by atoms with Crippen molar-refractivity contribution >= 4 is 60.7 Å². The molecule has 0 saturated heterocycles. The number of hydrogen-bond acceptors (Lipinski definition) is 3. The SMILES string of the molecule is Cc1ccc2c(c1)C1(c3ccccc3-c3ccccc31)c1cc(C)ccc1N2c1ccc(-c2nc(C)nc(-c3ccc(-n4c5ccccc5c5cc(-n6c7ccccc7c7ccccc76)ccc54)cc3)c2C)cc1. The number of rotatable bonds is 5. The normalized spacial score (nSPS) is 13.2. The Hall–Kier alpha value is -9.32. The summed E-state index contributed by atoms with van der Waals surface area (Å²) in [5, 5.41) is 4.96. The van der Waals surface area contributed by atoms with Gasteiger partial charge in [0.2, 0.25) is 0 Å². The zero-order valence-corrected chi connectivity index (χ0v) is 41.6. The standard InChI is InChI=1S/C69H49N5/c1-42-25-36-65-59(39-42)69(57-20-10-5-15-51(57)52-16-6-11-21-58(52)69)60-40-43(2)26-37-66(60)73(65)49-33-29-47(30-34-49)68-44(3)67(70-45(4)71-68)46-27-31-48(32-28-46)72-63-24-14-9-19-55(63)56-41-50(35-38-64(56)72)74-61-22-12-7-17-53(61)54-18-8-13-23-62(54)74/h5-41H,1-4H3. The largest absolute Gasteiger partial charge is 0.310 e. The zero-order chi connectivity index (χ0) is 49.4. The molecular formula is C69H49N5. The van der Waals surface area contributed by atoms with Crippen LogP contribution in [0.5, 0.6) is 0 Å². The number of aryl methyl sites for hydroxylation is 3. The Labute approximate surface area is 429 Å². The molecule has 1 spiro atoms. The summed E-state index contributed by atoms with van der Waals surface area (Å²) in [7, 11) is 0. The molecule has 2 aliphatic rings. The van der Waals surface area contributed by atoms with Crippen LogP contribution >= 0.6 is 0 Å². The third-order valence-corrected chi connectivity index (χ3v) is 16.1. The van der Waals surface area contributed by atoms with E-state index in [1.165, 1.54) is 99.5 Å². The molecule has 13 aromatic rings. The Morgan fingerprint density at radius 1 is 0.338 bits per heavy atom. The van der Waals surface area contributed by atoms with E-state index in [0.29, 0.717) is 0 Å². The Bertz CT molecular complexity index is 4320. The number of anilines is 3. The number of nitrogens with zero attached hydrogens (tertiary/aromatic N) is 5. The van der Waals surface area contributed by atoms with Crippen molar-refractivity contribution < 1.29 is 0 Å². The highest BCUT2D eigenvalue weighted by molar-refractivity contribution is 6.12. The van der Waals surface area contributed by atoms with Crippen LogP contribution in [0.15, 0.2) is 224 Å². The molecule has 0 N–H and O–H groups in total. The van der Waals surface area contributed by atoms with Crippen molar-refractivity contribution in [1.82, 2.24) is 19.1 Å². The first-order valence-electron chi connectivity index (χ1n) is 25.7. The molecule has 0 saturated carbocycles. The minimum atomic E-state index is -0.459. The quantitative estimate of drug-likeness (QED) is 0.173. The summed E-state index contributed by atoms with van der Waals surface area (Å²) in [4.78, 5) is 12.7. The van der Waals surface area contributed by atoms with E-state index in [1.54, 1.807) is 0 Å². The van der Waals surface area contributed by atoms with Crippen molar-refractivity contribution in [1.29, 1.82) is 0 Å². The lowest BCUT2D eigenvalue weighted by atomic mass is 9.64. The van der Waals surface area contributed by atoms with E-state index >= 15 is 0 Å². The van der Waals surface area contributed by atoms with Crippen molar-refractivity contribution in [2.75, 3.05) is 4.90 Å². The van der Waals surface area contributed by atoms with Gasteiger partial charge in [0.15, 0.2) is 0 Å². The molecule has 4 heterocycles. The molecule has 350 valence electrons. The fourth-order valence-electron chi connectivity index (χ4n) is 13.0. The second-order valence-corrected chi connectivity index (χ2v) is 20.3. The molecule has 1 aliphatic heterocycles. The summed E-state index contributed by atoms with van der Waals surface area (Å²) < 4.78 is 4.79. The zero-order valence-electron chi connectivity index (χ0n) is 41.6. The van der Waals surface area contributed by atoms with Gasteiger partial charge in [0.25, 0.3) is 0 Å². The van der Waals surface area contributed by atoms with Gasteiger partial charge in [0.05, 0.1) is 50.2 Å². The lowest BCUT2D eigenvalue weighted by molar-refractivity contribution is 0.750. The van der Waals surface area contributed by atoms with Crippen LogP contribution in [0.25, 0.3) is 88.6 Å². The number of benzene rings is 10. The van der Waals surface area contributed by atoms with Gasteiger partial charge in [-0.2, -0.15) is 0 Å². The monoisotopic (exact) mass is 947 g/mol. The highest BCUT2D eigenvalue weighted by Crippen LogP contribution is 2.63. The van der Waals surface area contributed by atoms with Crippen molar-refractivity contribution in [2.45, 2.75) is 33.1 Å². The van der Waals surface area contributed by atoms with Gasteiger partial charge in [-0.25, -0.2) is 9.97 Å². The van der Waals surface area contributed by atoms with Crippen LogP contribution < -0.4 is 4.90 Å². The van der Waals surface area contributed by atoms with Crippen molar-refractivity contribution in [2.24, 2.45) is 0 Å². The van der Waals surface area contributed by atoms with E-state index < -0.39 is 5.41 Å². The Balaban J connectivity index is 0.797. The average Bonchev–Trinajstić information content (AvgIpc) is 4.08. The molecule has 0 radical (unpaired) electrons. The Morgan fingerprint density at radius 2 is 0.757 bits per heavy atom. The molecule has 0 bridgehead atoms. The minimum absolute atomic E-state index is 0.459. The second-order valence-electron chi connectivity index (χ2n) is 20.3. The van der Waals surface area contributed by atoms with Crippen LogP contribution in [0.2, 0.25) is 0 Å². The van der Waals surface area contributed by atoms with E-state index in [-0.39, 0.29) is 0 Å². The first-order chi connectivity index (χ1) is 36.3. The summed E-state index contributed by atoms with van der Waals surface area (Å²) >= 11 is 0. The van der Waals surface area contributed by atoms with Gasteiger partial charge in [-0.15, -0.1) is 0 Å². The summed E-state index contributed by atoms with van der Waals surface area (Å²) in [6.45, 7) is 8.60. The van der Waals surface area contributed by atoms with Crippen LogP contribution in [-0.2, 0) is 5.41 Å². The summed E-state index contributed by atoms with van der Waals surface area (Å²) in [5.41, 5.74) is 25.4. The predicted molar refractivity (Wildman–Crippen MR) is 306 cm³/mol. The van der Waals surface area contributed by atoms with Gasteiger partial charge < -0.3 is 14.0 Å². The van der Waals surface area contributed by atoms with E-state index in [1.807, 2.05) is 6.92 Å². The molecule has 0 amide bonds. The maximum atomic E-state index is 5.11. The molecule has 1 aliphatic carbocycles. The third-order valence-electron chi connectivity index (χ3n) is 16.1. The molecule has 15 rings (SSSR count). The molecule has 0 fully saturated rings. The van der Waals surface area contributed by atoms with Crippen LogP contribution in [-0.4, -0.2) is 19.1 Å². The fraction of sp³-hybridized carbons (Fsp3) is 0.0725. The van der Waals surface area contributed by atoms with Gasteiger partial charge in [-0.05, 0) is 134 Å². The van der Waals surface area contributed by atoms with Crippen molar-refractivity contribution in [3.8, 4) is 45.0 Å². The number of hydrogen-bond donors (Lipinski definition) is 0. The number of fused-ring (bicyclic) bond motifs is 15. The first kappa shape index (κ1) is 42.4. The third kappa shape index (κ3) is 5.92. The lowest BCUT2D eigenvalue weighted by Gasteiger charge is -2.45. The fourth-order valence-corrected chi connectivity index (χ4v) is 13.0. The first-order valence-corrected chi connectivity index (χ1v) is 25.7. The minimum Gasteiger partial charge on any atom is -0.310 e. The molecule has 3 aromatic heterocycles. The molecule has 0 atom stereocenters. The Morgan fingerprint density at radius 3 is 1.28 bits per heavy atom. The highest BCUT2D eigenvalue weighted by atomic mass is 15.2. The second kappa shape index (κ2) is 15.8. The molecule has 0 unspecified atom stereocenters. The van der Waals surface area contributed by atoms with Crippen molar-refractivity contribution in [3.63, 3.8) is 0 Å². The van der Waals surface area contributed by atoms with Crippen molar-refractivity contribution in [3.05, 3.63) is 269 Å². The summed E-state index contributed by atoms with van der Waals surface area (Å²) in [6, 6.07) is 83.0. The summed E-state index contributed by atoms with van der Waals surface area (Å²) in [5.74, 6) is 0.738. The van der Waals surface area contributed by atoms with Crippen LogP contribution in [0.3, 0.4) is 0 Å². The van der Waals surface area contributed by atoms with E-state index in [0.717, 1.165) is 51.0 Å². The van der Waals surface area contributed by atoms with E-state index in [4.69, 9.17) is 9.97 Å². The smallest absolute Gasteiger partial charge is 0.126 e. The highest BCUT2D eigenvalue weighted by Gasteiger charge is 2.51. The predicted octanol–water partition coefficient (Wildman–Crippen LogP) is 17.4. The van der Waals surface area contributed by atoms with Gasteiger partial charge in [-0.1, -0.05) is 163 Å². The topological polar surface area (TPSA) is 38.9 Å². The maximum absolute atomic E-state index is 5.11.